The Morgan fingerprint density at radius 3 is 2.76 bits per heavy atom. The minimum Gasteiger partial charge on any atom is -0.324 e. The van der Waals surface area contributed by atoms with E-state index in [2.05, 4.69) is 0 Å². The SMILES string of the molecule is NC1(Cc2cccc(F)c2Cl)CCS(=O)(=O)C1. The lowest BCUT2D eigenvalue weighted by atomic mass is 9.91. The highest BCUT2D eigenvalue weighted by Gasteiger charge is 2.39. The van der Waals surface area contributed by atoms with Gasteiger partial charge in [-0.2, -0.15) is 0 Å². The van der Waals surface area contributed by atoms with Gasteiger partial charge in [-0.3, -0.25) is 0 Å². The van der Waals surface area contributed by atoms with Gasteiger partial charge in [0.15, 0.2) is 9.84 Å². The van der Waals surface area contributed by atoms with E-state index in [9.17, 15) is 12.8 Å². The molecule has 1 saturated heterocycles. The first-order valence-corrected chi connectivity index (χ1v) is 7.43. The first-order chi connectivity index (χ1) is 7.81. The van der Waals surface area contributed by atoms with Crippen molar-refractivity contribution in [1.29, 1.82) is 0 Å². The molecule has 3 nitrogen and oxygen atoms in total. The van der Waals surface area contributed by atoms with Crippen molar-refractivity contribution in [3.63, 3.8) is 0 Å². The molecule has 6 heteroatoms. The lowest BCUT2D eigenvalue weighted by Gasteiger charge is -2.22. The Balaban J connectivity index is 2.25. The van der Waals surface area contributed by atoms with Gasteiger partial charge in [-0.1, -0.05) is 23.7 Å². The highest BCUT2D eigenvalue weighted by molar-refractivity contribution is 7.91. The minimum absolute atomic E-state index is 0.0293. The van der Waals surface area contributed by atoms with Gasteiger partial charge in [0.1, 0.15) is 5.82 Å². The summed E-state index contributed by atoms with van der Waals surface area (Å²) in [7, 11) is -3.06. The maximum absolute atomic E-state index is 13.2. The lowest BCUT2D eigenvalue weighted by molar-refractivity contribution is 0.475. The van der Waals surface area contributed by atoms with Crippen LogP contribution < -0.4 is 5.73 Å². The Morgan fingerprint density at radius 1 is 1.47 bits per heavy atom. The van der Waals surface area contributed by atoms with Gasteiger partial charge in [0.25, 0.3) is 0 Å². The molecule has 1 heterocycles. The van der Waals surface area contributed by atoms with Gasteiger partial charge >= 0.3 is 0 Å². The summed E-state index contributed by atoms with van der Waals surface area (Å²) in [5, 5.41) is 0.0293. The van der Waals surface area contributed by atoms with Gasteiger partial charge in [-0.15, -0.1) is 0 Å². The Hall–Kier alpha value is -0.650. The fourth-order valence-corrected chi connectivity index (χ4v) is 4.32. The van der Waals surface area contributed by atoms with Gasteiger partial charge < -0.3 is 5.73 Å². The third-order valence-corrected chi connectivity index (χ3v) is 5.26. The Labute approximate surface area is 105 Å². The summed E-state index contributed by atoms with van der Waals surface area (Å²) >= 11 is 5.82. The zero-order valence-corrected chi connectivity index (χ0v) is 10.7. The van der Waals surface area contributed by atoms with Crippen LogP contribution in [0.1, 0.15) is 12.0 Å². The van der Waals surface area contributed by atoms with Crippen LogP contribution in [0.15, 0.2) is 18.2 Å². The number of sulfone groups is 1. The number of hydrogen-bond donors (Lipinski definition) is 1. The smallest absolute Gasteiger partial charge is 0.152 e. The quantitative estimate of drug-likeness (QED) is 0.892. The zero-order chi connectivity index (χ0) is 12.7. The van der Waals surface area contributed by atoms with E-state index in [4.69, 9.17) is 17.3 Å². The summed E-state index contributed by atoms with van der Waals surface area (Å²) in [5.41, 5.74) is 5.76. The molecule has 1 aliphatic heterocycles. The number of halogens is 2. The van der Waals surface area contributed by atoms with E-state index in [1.165, 1.54) is 6.07 Å². The second-order valence-electron chi connectivity index (χ2n) is 4.59. The summed E-state index contributed by atoms with van der Waals surface area (Å²) in [4.78, 5) is 0. The highest BCUT2D eigenvalue weighted by Crippen LogP contribution is 2.29. The lowest BCUT2D eigenvalue weighted by Crippen LogP contribution is -2.43. The second kappa shape index (κ2) is 4.23. The molecule has 1 aromatic rings. The second-order valence-corrected chi connectivity index (χ2v) is 7.16. The molecule has 0 spiro atoms. The number of hydrogen-bond acceptors (Lipinski definition) is 3. The van der Waals surface area contributed by atoms with Crippen molar-refractivity contribution in [1.82, 2.24) is 0 Å². The van der Waals surface area contributed by atoms with Crippen LogP contribution in [0.5, 0.6) is 0 Å². The van der Waals surface area contributed by atoms with Crippen molar-refractivity contribution in [2.45, 2.75) is 18.4 Å². The Bertz CT molecular complexity index is 546. The minimum atomic E-state index is -3.06. The molecule has 0 amide bonds. The molecule has 2 rings (SSSR count). The normalized spacial score (nSPS) is 27.2. The molecular weight excluding hydrogens is 265 g/mol. The van der Waals surface area contributed by atoms with Crippen molar-refractivity contribution in [3.05, 3.63) is 34.6 Å². The topological polar surface area (TPSA) is 60.2 Å². The summed E-state index contributed by atoms with van der Waals surface area (Å²) in [5.74, 6) is -0.475. The average Bonchev–Trinajstić information content (AvgIpc) is 2.49. The van der Waals surface area contributed by atoms with Crippen molar-refractivity contribution in [2.24, 2.45) is 5.73 Å². The highest BCUT2D eigenvalue weighted by atomic mass is 35.5. The van der Waals surface area contributed by atoms with Crippen LogP contribution >= 0.6 is 11.6 Å². The van der Waals surface area contributed by atoms with Crippen LogP contribution in [0.25, 0.3) is 0 Å². The van der Waals surface area contributed by atoms with E-state index >= 15 is 0 Å². The molecule has 0 saturated carbocycles. The standard InChI is InChI=1S/C11H13ClFNO2S/c12-10-8(2-1-3-9(10)13)6-11(14)4-5-17(15,16)7-11/h1-3H,4-7,14H2. The van der Waals surface area contributed by atoms with E-state index < -0.39 is 21.2 Å². The van der Waals surface area contributed by atoms with Crippen LogP contribution in [0, 0.1) is 5.82 Å². The monoisotopic (exact) mass is 277 g/mol. The fraction of sp³-hybridized carbons (Fsp3) is 0.455. The molecule has 1 aromatic carbocycles. The number of benzene rings is 1. The molecule has 1 aliphatic rings. The molecule has 0 aromatic heterocycles. The maximum Gasteiger partial charge on any atom is 0.152 e. The first kappa shape index (κ1) is 12.8. The van der Waals surface area contributed by atoms with Gasteiger partial charge in [0, 0.05) is 5.54 Å². The Morgan fingerprint density at radius 2 is 2.18 bits per heavy atom. The molecule has 2 N–H and O–H groups in total. The fourth-order valence-electron chi connectivity index (χ4n) is 2.14. The zero-order valence-electron chi connectivity index (χ0n) is 9.12. The van der Waals surface area contributed by atoms with E-state index in [1.54, 1.807) is 12.1 Å². The van der Waals surface area contributed by atoms with Gasteiger partial charge in [-0.05, 0) is 24.5 Å². The summed E-state index contributed by atoms with van der Waals surface area (Å²) in [6.07, 6.45) is 0.672. The van der Waals surface area contributed by atoms with Crippen molar-refractivity contribution in [2.75, 3.05) is 11.5 Å². The van der Waals surface area contributed by atoms with Crippen LogP contribution in [0.4, 0.5) is 4.39 Å². The molecule has 0 bridgehead atoms. The van der Waals surface area contributed by atoms with E-state index in [1.807, 2.05) is 0 Å². The maximum atomic E-state index is 13.2. The summed E-state index contributed by atoms with van der Waals surface area (Å²) in [6.45, 7) is 0. The van der Waals surface area contributed by atoms with Crippen molar-refractivity contribution < 1.29 is 12.8 Å². The molecule has 1 atom stereocenters. The average molecular weight is 278 g/mol. The molecular formula is C11H13ClFNO2S. The number of rotatable bonds is 2. The van der Waals surface area contributed by atoms with E-state index in [-0.39, 0.29) is 22.9 Å². The van der Waals surface area contributed by atoms with Gasteiger partial charge in [0.2, 0.25) is 0 Å². The van der Waals surface area contributed by atoms with Crippen LogP contribution in [0.3, 0.4) is 0 Å². The molecule has 1 unspecified atom stereocenters. The van der Waals surface area contributed by atoms with Crippen LogP contribution in [-0.4, -0.2) is 25.5 Å². The summed E-state index contributed by atoms with van der Waals surface area (Å²) in [6, 6.07) is 4.48. The first-order valence-electron chi connectivity index (χ1n) is 5.24. The van der Waals surface area contributed by atoms with Gasteiger partial charge in [0.05, 0.1) is 16.5 Å². The predicted molar refractivity (Wildman–Crippen MR) is 65.3 cm³/mol. The predicted octanol–water partition coefficient (Wildman–Crippen LogP) is 1.54. The van der Waals surface area contributed by atoms with Crippen molar-refractivity contribution in [3.8, 4) is 0 Å². The largest absolute Gasteiger partial charge is 0.324 e. The molecule has 94 valence electrons. The Kier molecular flexibility index (Phi) is 3.18. The summed E-state index contributed by atoms with van der Waals surface area (Å²) < 4.78 is 36.0. The van der Waals surface area contributed by atoms with Crippen molar-refractivity contribution >= 4 is 21.4 Å². The third kappa shape index (κ3) is 2.78. The van der Waals surface area contributed by atoms with E-state index in [0.717, 1.165) is 0 Å². The van der Waals surface area contributed by atoms with Crippen LogP contribution in [-0.2, 0) is 16.3 Å². The number of nitrogens with two attached hydrogens (primary N) is 1. The third-order valence-electron chi connectivity index (χ3n) is 2.99. The van der Waals surface area contributed by atoms with Crippen LogP contribution in [0.2, 0.25) is 5.02 Å². The van der Waals surface area contributed by atoms with E-state index in [0.29, 0.717) is 12.0 Å². The molecule has 0 aliphatic carbocycles. The van der Waals surface area contributed by atoms with Gasteiger partial charge in [-0.25, -0.2) is 12.8 Å². The molecule has 1 fully saturated rings. The molecule has 0 radical (unpaired) electrons. The molecule has 17 heavy (non-hydrogen) atoms.